The molecule has 2 rings (SSSR count). The second-order valence-corrected chi connectivity index (χ2v) is 5.55. The van der Waals surface area contributed by atoms with Crippen molar-refractivity contribution < 1.29 is 14.8 Å². The van der Waals surface area contributed by atoms with Crippen LogP contribution >= 0.6 is 0 Å². The summed E-state index contributed by atoms with van der Waals surface area (Å²) >= 11 is 0. The third-order valence-corrected chi connectivity index (χ3v) is 3.70. The molecule has 0 atom stereocenters. The van der Waals surface area contributed by atoms with Crippen molar-refractivity contribution in [1.29, 1.82) is 0 Å². The Morgan fingerprint density at radius 3 is 2.57 bits per heavy atom. The first-order valence-corrected chi connectivity index (χ1v) is 7.59. The van der Waals surface area contributed by atoms with Crippen LogP contribution in [0.2, 0.25) is 0 Å². The van der Waals surface area contributed by atoms with Crippen LogP contribution in [0.5, 0.6) is 0 Å². The summed E-state index contributed by atoms with van der Waals surface area (Å²) < 4.78 is 1.88. The number of aryl methyl sites for hydroxylation is 1. The van der Waals surface area contributed by atoms with Crippen LogP contribution < -0.4 is 10.0 Å². The van der Waals surface area contributed by atoms with E-state index < -0.39 is 5.97 Å². The number of hydrogen-bond donors (Lipinski definition) is 1. The van der Waals surface area contributed by atoms with Gasteiger partial charge in [0.05, 0.1) is 19.1 Å². The summed E-state index contributed by atoms with van der Waals surface area (Å²) in [6.45, 7) is 8.98. The van der Waals surface area contributed by atoms with E-state index in [-0.39, 0.29) is 5.69 Å². The van der Waals surface area contributed by atoms with Crippen LogP contribution in [0.1, 0.15) is 48.4 Å². The Kier molecular flexibility index (Phi) is 4.96. The van der Waals surface area contributed by atoms with Crippen molar-refractivity contribution in [2.75, 3.05) is 13.1 Å². The lowest BCUT2D eigenvalue weighted by Crippen LogP contribution is -3.10. The highest BCUT2D eigenvalue weighted by molar-refractivity contribution is 5.86. The highest BCUT2D eigenvalue weighted by Gasteiger charge is 2.18. The van der Waals surface area contributed by atoms with E-state index in [1.807, 2.05) is 29.7 Å². The zero-order valence-corrected chi connectivity index (χ0v) is 13.0. The molecule has 0 amide bonds. The van der Waals surface area contributed by atoms with Crippen LogP contribution in [-0.2, 0) is 6.54 Å². The number of nitrogens with zero attached hydrogens (tertiary/aromatic N) is 2. The molecule has 5 heteroatoms. The molecule has 114 valence electrons. The van der Waals surface area contributed by atoms with Gasteiger partial charge < -0.3 is 14.8 Å². The molecule has 0 fully saturated rings. The SMILES string of the molecule is CCC[NH+](CCC)Cc1c(C(=O)[O-])nc2cc(C)ccn12. The maximum absolute atomic E-state index is 11.4. The van der Waals surface area contributed by atoms with Gasteiger partial charge >= 0.3 is 0 Å². The molecule has 0 radical (unpaired) electrons. The molecule has 0 saturated carbocycles. The number of quaternary nitrogens is 1. The maximum atomic E-state index is 11.4. The van der Waals surface area contributed by atoms with Gasteiger partial charge in [0.25, 0.3) is 0 Å². The molecular weight excluding hydrogens is 266 g/mol. The van der Waals surface area contributed by atoms with Crippen molar-refractivity contribution in [3.05, 3.63) is 35.3 Å². The summed E-state index contributed by atoms with van der Waals surface area (Å²) in [5.74, 6) is -1.20. The van der Waals surface area contributed by atoms with Gasteiger partial charge in [0.2, 0.25) is 0 Å². The number of rotatable bonds is 7. The largest absolute Gasteiger partial charge is 0.543 e. The van der Waals surface area contributed by atoms with E-state index in [1.165, 1.54) is 4.90 Å². The first-order valence-electron chi connectivity index (χ1n) is 7.59. The number of aromatic nitrogens is 2. The predicted molar refractivity (Wildman–Crippen MR) is 79.2 cm³/mol. The first-order chi connectivity index (χ1) is 10.1. The maximum Gasteiger partial charge on any atom is 0.138 e. The zero-order chi connectivity index (χ0) is 15.4. The van der Waals surface area contributed by atoms with Crippen LogP contribution in [0.15, 0.2) is 18.3 Å². The Morgan fingerprint density at radius 2 is 2.00 bits per heavy atom. The van der Waals surface area contributed by atoms with Crippen molar-refractivity contribution in [3.8, 4) is 0 Å². The molecule has 0 aliphatic rings. The van der Waals surface area contributed by atoms with Crippen molar-refractivity contribution in [1.82, 2.24) is 9.38 Å². The second kappa shape index (κ2) is 6.72. The third kappa shape index (κ3) is 3.42. The molecule has 5 nitrogen and oxygen atoms in total. The quantitative estimate of drug-likeness (QED) is 0.792. The normalized spacial score (nSPS) is 11.4. The predicted octanol–water partition coefficient (Wildman–Crippen LogP) is 0.211. The fourth-order valence-corrected chi connectivity index (χ4v) is 2.78. The molecule has 21 heavy (non-hydrogen) atoms. The molecule has 0 spiro atoms. The van der Waals surface area contributed by atoms with Gasteiger partial charge in [0.1, 0.15) is 23.6 Å². The van der Waals surface area contributed by atoms with Crippen LogP contribution in [0.4, 0.5) is 0 Å². The molecule has 1 N–H and O–H groups in total. The van der Waals surface area contributed by atoms with Crippen LogP contribution in [0.25, 0.3) is 5.65 Å². The number of pyridine rings is 1. The average molecular weight is 289 g/mol. The molecule has 0 aromatic carbocycles. The fraction of sp³-hybridized carbons (Fsp3) is 0.500. The second-order valence-electron chi connectivity index (χ2n) is 5.55. The molecule has 0 saturated heterocycles. The van der Waals surface area contributed by atoms with Crippen LogP contribution in [-0.4, -0.2) is 28.4 Å². The lowest BCUT2D eigenvalue weighted by atomic mass is 10.2. The number of hydrogen-bond acceptors (Lipinski definition) is 3. The van der Waals surface area contributed by atoms with E-state index in [0.717, 1.165) is 37.2 Å². The summed E-state index contributed by atoms with van der Waals surface area (Å²) in [6.07, 6.45) is 4.05. The van der Waals surface area contributed by atoms with Gasteiger partial charge in [-0.3, -0.25) is 4.40 Å². The minimum Gasteiger partial charge on any atom is -0.543 e. The van der Waals surface area contributed by atoms with E-state index in [1.54, 1.807) is 0 Å². The van der Waals surface area contributed by atoms with Crippen molar-refractivity contribution in [3.63, 3.8) is 0 Å². The Bertz CT molecular complexity index is 628. The fourth-order valence-electron chi connectivity index (χ4n) is 2.78. The molecule has 2 heterocycles. The lowest BCUT2D eigenvalue weighted by Gasteiger charge is -2.18. The molecule has 2 aromatic rings. The van der Waals surface area contributed by atoms with Gasteiger partial charge in [-0.15, -0.1) is 0 Å². The van der Waals surface area contributed by atoms with E-state index in [0.29, 0.717) is 12.2 Å². The van der Waals surface area contributed by atoms with Crippen molar-refractivity contribution in [2.45, 2.75) is 40.2 Å². The summed E-state index contributed by atoms with van der Waals surface area (Å²) in [7, 11) is 0. The number of fused-ring (bicyclic) bond motifs is 1. The number of imidazole rings is 1. The zero-order valence-electron chi connectivity index (χ0n) is 13.0. The highest BCUT2D eigenvalue weighted by atomic mass is 16.4. The van der Waals surface area contributed by atoms with Gasteiger partial charge in [-0.05, 0) is 37.5 Å². The molecule has 0 aliphatic carbocycles. The molecular formula is C16H23N3O2. The minimum atomic E-state index is -1.20. The monoisotopic (exact) mass is 289 g/mol. The summed E-state index contributed by atoms with van der Waals surface area (Å²) in [5, 5.41) is 11.4. The number of carbonyl (C=O) groups is 1. The van der Waals surface area contributed by atoms with E-state index in [2.05, 4.69) is 18.8 Å². The highest BCUT2D eigenvalue weighted by Crippen LogP contribution is 2.13. The van der Waals surface area contributed by atoms with Crippen molar-refractivity contribution in [2.24, 2.45) is 0 Å². The van der Waals surface area contributed by atoms with Crippen molar-refractivity contribution >= 4 is 11.6 Å². The summed E-state index contributed by atoms with van der Waals surface area (Å²) in [4.78, 5) is 17.0. The minimum absolute atomic E-state index is 0.0744. The Hall–Kier alpha value is -1.88. The third-order valence-electron chi connectivity index (χ3n) is 3.70. The van der Waals surface area contributed by atoms with Crippen LogP contribution in [0, 0.1) is 6.92 Å². The Balaban J connectivity index is 2.44. The standard InChI is InChI=1S/C16H23N3O2/c1-4-7-18(8-5-2)11-13-15(16(20)21)17-14-10-12(3)6-9-19(13)14/h6,9-10H,4-5,7-8,11H2,1-3H3,(H,20,21). The Morgan fingerprint density at radius 1 is 1.33 bits per heavy atom. The smallest absolute Gasteiger partial charge is 0.138 e. The van der Waals surface area contributed by atoms with E-state index >= 15 is 0 Å². The van der Waals surface area contributed by atoms with E-state index in [9.17, 15) is 9.90 Å². The Labute approximate surface area is 125 Å². The molecule has 0 bridgehead atoms. The topological polar surface area (TPSA) is 61.9 Å². The van der Waals surface area contributed by atoms with Gasteiger partial charge in [-0.1, -0.05) is 13.8 Å². The number of aromatic carboxylic acids is 1. The van der Waals surface area contributed by atoms with Gasteiger partial charge in [0, 0.05) is 6.20 Å². The summed E-state index contributed by atoms with van der Waals surface area (Å²) in [5.41, 5.74) is 2.55. The molecule has 0 aliphatic heterocycles. The number of carbonyl (C=O) groups excluding carboxylic acids is 1. The molecule has 2 aromatic heterocycles. The average Bonchev–Trinajstić information content (AvgIpc) is 2.77. The number of carboxylic acid groups (broad SMARTS) is 1. The number of carboxylic acids is 1. The van der Waals surface area contributed by atoms with Crippen LogP contribution in [0.3, 0.4) is 0 Å². The van der Waals surface area contributed by atoms with Gasteiger partial charge in [-0.25, -0.2) is 4.98 Å². The van der Waals surface area contributed by atoms with Gasteiger partial charge in [-0.2, -0.15) is 0 Å². The van der Waals surface area contributed by atoms with E-state index in [4.69, 9.17) is 0 Å². The molecule has 0 unspecified atom stereocenters. The van der Waals surface area contributed by atoms with Gasteiger partial charge in [0.15, 0.2) is 0 Å². The lowest BCUT2D eigenvalue weighted by molar-refractivity contribution is -0.914. The summed E-state index contributed by atoms with van der Waals surface area (Å²) in [6, 6.07) is 3.87. The first kappa shape index (κ1) is 15.5. The number of nitrogens with one attached hydrogen (secondary N) is 1.